The number of fused-ring (bicyclic) bond motifs is 1. The fourth-order valence-corrected chi connectivity index (χ4v) is 3.61. The molecule has 2 amide bonds. The van der Waals surface area contributed by atoms with Gasteiger partial charge in [0.05, 0.1) is 27.7 Å². The number of hydrogen-bond donors (Lipinski definition) is 0. The first-order valence-electron chi connectivity index (χ1n) is 7.87. The molecule has 140 valence electrons. The van der Waals surface area contributed by atoms with E-state index in [4.69, 9.17) is 6.57 Å². The van der Waals surface area contributed by atoms with Crippen LogP contribution >= 0.6 is 11.8 Å². The highest BCUT2D eigenvalue weighted by Gasteiger charge is 2.42. The van der Waals surface area contributed by atoms with E-state index in [2.05, 4.69) is 4.85 Å². The first-order chi connectivity index (χ1) is 11.9. The average Bonchev–Trinajstić information content (AvgIpc) is 2.75. The van der Waals surface area contributed by atoms with Crippen molar-refractivity contribution in [1.29, 1.82) is 0 Å². The van der Waals surface area contributed by atoms with Crippen LogP contribution in [0.1, 0.15) is 11.1 Å². The topological polar surface area (TPSA) is 41.7 Å². The molecule has 1 heterocycles. The van der Waals surface area contributed by atoms with E-state index in [-0.39, 0.29) is 35.7 Å². The molecule has 2 rings (SSSR count). The van der Waals surface area contributed by atoms with Crippen LogP contribution in [-0.4, -0.2) is 60.9 Å². The van der Waals surface area contributed by atoms with Gasteiger partial charge in [0.2, 0.25) is 5.69 Å². The number of carbonyl (C=O) groups excluding carboxylic acids is 2. The van der Waals surface area contributed by atoms with E-state index in [9.17, 15) is 22.8 Å². The summed E-state index contributed by atoms with van der Waals surface area (Å²) in [6, 6.07) is 3.28. The molecule has 0 aliphatic carbocycles. The van der Waals surface area contributed by atoms with Crippen LogP contribution < -0.4 is 0 Å². The number of halogens is 3. The van der Waals surface area contributed by atoms with E-state index in [0.29, 0.717) is 16.1 Å². The summed E-state index contributed by atoms with van der Waals surface area (Å²) < 4.78 is 38.2. The van der Waals surface area contributed by atoms with Gasteiger partial charge in [0.15, 0.2) is 0 Å². The van der Waals surface area contributed by atoms with Gasteiger partial charge in [-0.3, -0.25) is 9.28 Å². The molecular formula is C17H19F3N3O2S+. The molecule has 0 atom stereocenters. The summed E-state index contributed by atoms with van der Waals surface area (Å²) in [5.74, 6) is -1.85. The maximum Gasteiger partial charge on any atom is 0.471 e. The molecule has 0 bridgehead atoms. The molecular weight excluding hydrogens is 367 g/mol. The zero-order valence-corrected chi connectivity index (χ0v) is 15.5. The van der Waals surface area contributed by atoms with Gasteiger partial charge in [-0.15, -0.1) is 0 Å². The molecule has 0 radical (unpaired) electrons. The number of hydrogen-bond acceptors (Lipinski definition) is 3. The van der Waals surface area contributed by atoms with Crippen molar-refractivity contribution in [3.05, 3.63) is 34.7 Å². The van der Waals surface area contributed by atoms with Crippen LogP contribution in [0.25, 0.3) is 4.85 Å². The van der Waals surface area contributed by atoms with E-state index in [1.54, 1.807) is 33.3 Å². The van der Waals surface area contributed by atoms with Crippen molar-refractivity contribution in [3.63, 3.8) is 0 Å². The summed E-state index contributed by atoms with van der Waals surface area (Å²) in [5, 5.41) is -0.184. The molecule has 1 aromatic rings. The number of quaternary nitrogens is 1. The van der Waals surface area contributed by atoms with Crippen LogP contribution in [-0.2, 0) is 17.6 Å². The fourth-order valence-electron chi connectivity index (χ4n) is 2.59. The molecule has 0 N–H and O–H groups in total. The van der Waals surface area contributed by atoms with Crippen molar-refractivity contribution < 1.29 is 27.2 Å². The lowest BCUT2D eigenvalue weighted by atomic mass is 10.0. The monoisotopic (exact) mass is 386 g/mol. The van der Waals surface area contributed by atoms with Gasteiger partial charge in [0.25, 0.3) is 0 Å². The van der Waals surface area contributed by atoms with Gasteiger partial charge in [-0.1, -0.05) is 12.1 Å². The van der Waals surface area contributed by atoms with Crippen LogP contribution in [0, 0.1) is 6.57 Å². The van der Waals surface area contributed by atoms with Gasteiger partial charge in [-0.2, -0.15) is 13.2 Å². The third kappa shape index (κ3) is 4.37. The largest absolute Gasteiger partial charge is 0.471 e. The number of benzene rings is 1. The Labute approximate surface area is 154 Å². The van der Waals surface area contributed by atoms with Crippen LogP contribution in [0.4, 0.5) is 23.7 Å². The number of carbonyl (C=O) groups is 2. The minimum absolute atomic E-state index is 0.0455. The zero-order valence-electron chi connectivity index (χ0n) is 14.7. The highest BCUT2D eigenvalue weighted by Crippen LogP contribution is 2.38. The Balaban J connectivity index is 2.37. The first-order valence-corrected chi connectivity index (χ1v) is 8.69. The SMILES string of the molecule is [C-]#[N+]c1ccc2c(c1SC(=O)[N+](C)(C)C)CCN(C(=O)C(F)(F)F)CC2. The van der Waals surface area contributed by atoms with E-state index in [1.165, 1.54) is 0 Å². The third-order valence-corrected chi connectivity index (χ3v) is 5.39. The highest BCUT2D eigenvalue weighted by atomic mass is 32.2. The molecule has 26 heavy (non-hydrogen) atoms. The Bertz CT molecular complexity index is 779. The summed E-state index contributed by atoms with van der Waals surface area (Å²) in [5.41, 5.74) is 1.75. The third-order valence-electron chi connectivity index (χ3n) is 4.01. The van der Waals surface area contributed by atoms with Crippen molar-refractivity contribution in [3.8, 4) is 0 Å². The minimum Gasteiger partial charge on any atom is -0.334 e. The molecule has 9 heteroatoms. The Morgan fingerprint density at radius 2 is 1.81 bits per heavy atom. The van der Waals surface area contributed by atoms with Crippen LogP contribution in [0.2, 0.25) is 0 Å². The van der Waals surface area contributed by atoms with Crippen LogP contribution in [0.5, 0.6) is 0 Å². The van der Waals surface area contributed by atoms with E-state index >= 15 is 0 Å². The lowest BCUT2D eigenvalue weighted by molar-refractivity contribution is -0.779. The Morgan fingerprint density at radius 1 is 1.19 bits per heavy atom. The van der Waals surface area contributed by atoms with Gasteiger partial charge in [-0.25, -0.2) is 9.64 Å². The summed E-state index contributed by atoms with van der Waals surface area (Å²) >= 11 is 0.935. The standard InChI is InChI=1S/C17H19F3N3O2S/c1-21-13-6-5-11-7-9-22(15(24)17(18,19)20)10-8-12(11)14(13)26-16(25)23(2,3)4/h5-6H,7-10H2,2-4H3/q+1. The molecule has 0 unspecified atom stereocenters. The van der Waals surface area contributed by atoms with Crippen LogP contribution in [0.15, 0.2) is 17.0 Å². The second-order valence-corrected chi connectivity index (χ2v) is 7.80. The first kappa shape index (κ1) is 20.3. The van der Waals surface area contributed by atoms with Crippen LogP contribution in [0.3, 0.4) is 0 Å². The summed E-state index contributed by atoms with van der Waals surface area (Å²) in [4.78, 5) is 28.6. The molecule has 0 saturated heterocycles. The predicted molar refractivity (Wildman–Crippen MR) is 92.0 cm³/mol. The minimum atomic E-state index is -4.91. The molecule has 0 spiro atoms. The lowest BCUT2D eigenvalue weighted by Gasteiger charge is -2.22. The van der Waals surface area contributed by atoms with Gasteiger partial charge < -0.3 is 4.90 Å². The van der Waals surface area contributed by atoms with Crippen molar-refractivity contribution in [2.45, 2.75) is 23.9 Å². The average molecular weight is 386 g/mol. The zero-order chi connectivity index (χ0) is 19.7. The van der Waals surface area contributed by atoms with Crippen molar-refractivity contribution in [2.24, 2.45) is 0 Å². The van der Waals surface area contributed by atoms with E-state index in [0.717, 1.165) is 22.2 Å². The predicted octanol–water partition coefficient (Wildman–Crippen LogP) is 3.65. The second-order valence-electron chi connectivity index (χ2n) is 6.83. The van der Waals surface area contributed by atoms with Gasteiger partial charge >= 0.3 is 17.3 Å². The number of alkyl halides is 3. The number of nitrogens with zero attached hydrogens (tertiary/aromatic N) is 3. The molecule has 5 nitrogen and oxygen atoms in total. The molecule has 1 aliphatic heterocycles. The molecule has 1 aliphatic rings. The van der Waals surface area contributed by atoms with Gasteiger partial charge in [0, 0.05) is 29.7 Å². The summed E-state index contributed by atoms with van der Waals surface area (Å²) in [6.45, 7) is 7.18. The smallest absolute Gasteiger partial charge is 0.334 e. The summed E-state index contributed by atoms with van der Waals surface area (Å²) in [6.07, 6.45) is -4.48. The molecule has 0 aromatic heterocycles. The molecule has 0 saturated carbocycles. The number of thioether (sulfide) groups is 1. The van der Waals surface area contributed by atoms with Crippen molar-refractivity contribution >= 4 is 28.6 Å². The van der Waals surface area contributed by atoms with Gasteiger partial charge in [-0.05, 0) is 24.0 Å². The van der Waals surface area contributed by atoms with Gasteiger partial charge in [0.1, 0.15) is 0 Å². The molecule has 1 aromatic carbocycles. The maximum absolute atomic E-state index is 12.7. The fraction of sp³-hybridized carbons (Fsp3) is 0.471. The van der Waals surface area contributed by atoms with Crippen molar-refractivity contribution in [2.75, 3.05) is 34.2 Å². The quantitative estimate of drug-likeness (QED) is 0.420. The Kier molecular flexibility index (Phi) is 5.68. The summed E-state index contributed by atoms with van der Waals surface area (Å²) in [7, 11) is 5.12. The second kappa shape index (κ2) is 7.29. The normalized spacial score (nSPS) is 15.0. The number of rotatable bonds is 1. The Hall–Kier alpha value is -2.05. The lowest BCUT2D eigenvalue weighted by Crippen LogP contribution is -2.42. The maximum atomic E-state index is 12.7. The molecule has 0 fully saturated rings. The van der Waals surface area contributed by atoms with E-state index in [1.807, 2.05) is 0 Å². The highest BCUT2D eigenvalue weighted by molar-refractivity contribution is 8.13. The van der Waals surface area contributed by atoms with E-state index < -0.39 is 12.1 Å². The Morgan fingerprint density at radius 3 is 2.35 bits per heavy atom. The number of amides is 2. The van der Waals surface area contributed by atoms with Crippen molar-refractivity contribution in [1.82, 2.24) is 4.90 Å².